The van der Waals surface area contributed by atoms with Gasteiger partial charge < -0.3 is 25.0 Å². The Labute approximate surface area is 219 Å². The van der Waals surface area contributed by atoms with Gasteiger partial charge in [0, 0.05) is 11.8 Å². The summed E-state index contributed by atoms with van der Waals surface area (Å²) in [6, 6.07) is 11.2. The third-order valence-corrected chi connectivity index (χ3v) is 6.75. The highest BCUT2D eigenvalue weighted by Gasteiger charge is 2.22. The molecule has 4 rings (SSSR count). The number of carbonyl (C=O) groups is 1. The van der Waals surface area contributed by atoms with E-state index in [0.717, 1.165) is 37.4 Å². The number of likely N-dealkylation sites (tertiary alicyclic amines) is 1. The van der Waals surface area contributed by atoms with Crippen molar-refractivity contribution in [2.75, 3.05) is 37.9 Å². The van der Waals surface area contributed by atoms with E-state index in [2.05, 4.69) is 74.1 Å². The number of methoxy groups -OCH3 is 1. The summed E-state index contributed by atoms with van der Waals surface area (Å²) in [6.07, 6.45) is 5.12. The molecule has 36 heavy (non-hydrogen) atoms. The molecule has 1 aromatic heterocycles. The van der Waals surface area contributed by atoms with Crippen LogP contribution in [-0.2, 0) is 4.79 Å². The molecule has 0 aliphatic carbocycles. The first-order valence-electron chi connectivity index (χ1n) is 11.7. The van der Waals surface area contributed by atoms with Crippen LogP contribution in [0.2, 0.25) is 0 Å². The zero-order chi connectivity index (χ0) is 25.7. The number of amides is 1. The Hall–Kier alpha value is -3.43. The van der Waals surface area contributed by atoms with Gasteiger partial charge in [-0.25, -0.2) is 4.98 Å². The lowest BCUT2D eigenvalue weighted by Gasteiger charge is -2.30. The lowest BCUT2D eigenvalue weighted by molar-refractivity contribution is -0.111. The summed E-state index contributed by atoms with van der Waals surface area (Å²) in [7, 11) is 3.84. The van der Waals surface area contributed by atoms with E-state index >= 15 is 0 Å². The molecule has 9 heteroatoms. The summed E-state index contributed by atoms with van der Waals surface area (Å²) in [5, 5.41) is 5.99. The quantitative estimate of drug-likeness (QED) is 0.330. The molecule has 3 aromatic rings. The Balaban J connectivity index is 1.54. The van der Waals surface area contributed by atoms with Gasteiger partial charge in [0.05, 0.1) is 23.5 Å². The molecule has 0 atom stereocenters. The molecule has 1 amide bonds. The van der Waals surface area contributed by atoms with Crippen molar-refractivity contribution in [2.24, 2.45) is 0 Å². The second-order valence-corrected chi connectivity index (χ2v) is 9.64. The molecule has 0 bridgehead atoms. The fourth-order valence-corrected chi connectivity index (χ4v) is 4.55. The second-order valence-electron chi connectivity index (χ2n) is 8.78. The molecule has 0 radical (unpaired) electrons. The van der Waals surface area contributed by atoms with Gasteiger partial charge in [0.15, 0.2) is 0 Å². The average Bonchev–Trinajstić information content (AvgIpc) is 2.87. The molecule has 1 aliphatic rings. The van der Waals surface area contributed by atoms with Crippen LogP contribution in [0.4, 0.5) is 17.3 Å². The molecule has 0 unspecified atom stereocenters. The van der Waals surface area contributed by atoms with E-state index in [-0.39, 0.29) is 5.91 Å². The van der Waals surface area contributed by atoms with Crippen molar-refractivity contribution in [2.45, 2.75) is 25.7 Å². The fourth-order valence-electron chi connectivity index (χ4n) is 4.28. The van der Waals surface area contributed by atoms with Gasteiger partial charge in [-0.1, -0.05) is 12.6 Å². The van der Waals surface area contributed by atoms with Crippen LogP contribution in [0, 0.1) is 6.92 Å². The molecule has 2 heterocycles. The van der Waals surface area contributed by atoms with Crippen molar-refractivity contribution in [3.8, 4) is 17.4 Å². The number of nitrogens with zero attached hydrogens (tertiary/aromatic N) is 3. The largest absolute Gasteiger partial charge is 0.495 e. The predicted octanol–water partition coefficient (Wildman–Crippen LogP) is 6.03. The Bertz CT molecular complexity index is 1260. The van der Waals surface area contributed by atoms with Gasteiger partial charge in [0.1, 0.15) is 11.5 Å². The lowest BCUT2D eigenvalue weighted by atomic mass is 9.86. The molecule has 1 aliphatic heterocycles. The lowest BCUT2D eigenvalue weighted by Crippen LogP contribution is -2.29. The Morgan fingerprint density at radius 1 is 1.25 bits per heavy atom. The highest BCUT2D eigenvalue weighted by Crippen LogP contribution is 2.37. The summed E-state index contributed by atoms with van der Waals surface area (Å²) in [5.74, 6) is 2.19. The minimum atomic E-state index is -0.298. The van der Waals surface area contributed by atoms with E-state index in [0.29, 0.717) is 33.7 Å². The first-order chi connectivity index (χ1) is 17.4. The fraction of sp³-hybridized carbons (Fsp3) is 0.296. The summed E-state index contributed by atoms with van der Waals surface area (Å²) in [5.41, 5.74) is 3.91. The number of aromatic nitrogens is 2. The van der Waals surface area contributed by atoms with Crippen molar-refractivity contribution in [1.82, 2.24) is 14.9 Å². The minimum Gasteiger partial charge on any atom is -0.495 e. The SMILES string of the molecule is C=CC(=O)Nc1cccc(Oc2nc(Nc3cc(C)c(C4CCN(C)CC4)cc3OC)ncc2Br)c1. The Kier molecular flexibility index (Phi) is 8.22. The third kappa shape index (κ3) is 6.22. The van der Waals surface area contributed by atoms with Crippen LogP contribution in [0.25, 0.3) is 0 Å². The van der Waals surface area contributed by atoms with E-state index in [9.17, 15) is 4.79 Å². The molecule has 2 aromatic carbocycles. The first-order valence-corrected chi connectivity index (χ1v) is 12.5. The maximum atomic E-state index is 11.6. The maximum Gasteiger partial charge on any atom is 0.247 e. The number of rotatable bonds is 8. The number of aryl methyl sites for hydroxylation is 1. The second kappa shape index (κ2) is 11.5. The normalized spacial score (nSPS) is 14.2. The van der Waals surface area contributed by atoms with Crippen LogP contribution < -0.4 is 20.1 Å². The van der Waals surface area contributed by atoms with Crippen molar-refractivity contribution < 1.29 is 14.3 Å². The molecule has 8 nitrogen and oxygen atoms in total. The Morgan fingerprint density at radius 2 is 2.03 bits per heavy atom. The molecular formula is C27H30BrN5O3. The molecule has 1 saturated heterocycles. The van der Waals surface area contributed by atoms with Crippen LogP contribution in [-0.4, -0.2) is 48.0 Å². The number of ether oxygens (including phenoxy) is 2. The topological polar surface area (TPSA) is 88.6 Å². The number of piperidine rings is 1. The highest BCUT2D eigenvalue weighted by atomic mass is 79.9. The number of hydrogen-bond acceptors (Lipinski definition) is 7. The minimum absolute atomic E-state index is 0.298. The van der Waals surface area contributed by atoms with Gasteiger partial charge in [-0.05, 0) is 103 Å². The number of hydrogen-bond donors (Lipinski definition) is 2. The zero-order valence-corrected chi connectivity index (χ0v) is 22.3. The summed E-state index contributed by atoms with van der Waals surface area (Å²) in [6.45, 7) is 7.81. The van der Waals surface area contributed by atoms with Gasteiger partial charge in [0.2, 0.25) is 17.7 Å². The van der Waals surface area contributed by atoms with Gasteiger partial charge in [-0.2, -0.15) is 4.98 Å². The molecular weight excluding hydrogens is 522 g/mol. The number of carbonyl (C=O) groups excluding carboxylic acids is 1. The van der Waals surface area contributed by atoms with Crippen LogP contribution in [0.5, 0.6) is 17.4 Å². The van der Waals surface area contributed by atoms with Crippen molar-refractivity contribution in [3.63, 3.8) is 0 Å². The van der Waals surface area contributed by atoms with Crippen LogP contribution >= 0.6 is 15.9 Å². The third-order valence-electron chi connectivity index (χ3n) is 6.21. The van der Waals surface area contributed by atoms with Crippen LogP contribution in [0.1, 0.15) is 29.9 Å². The summed E-state index contributed by atoms with van der Waals surface area (Å²) >= 11 is 3.45. The van der Waals surface area contributed by atoms with Crippen molar-refractivity contribution in [1.29, 1.82) is 0 Å². The number of anilines is 3. The van der Waals surface area contributed by atoms with Gasteiger partial charge >= 0.3 is 0 Å². The van der Waals surface area contributed by atoms with E-state index in [1.54, 1.807) is 37.6 Å². The standard InChI is InChI=1S/C27H30BrN5O3/c1-5-25(34)30-19-7-6-8-20(14-19)36-26-22(28)16-29-27(32-26)31-23-13-17(2)21(15-24(23)35-4)18-9-11-33(3)12-10-18/h5-8,13-16,18H,1,9-12H2,2-4H3,(H,30,34)(H,29,31,32). The smallest absolute Gasteiger partial charge is 0.247 e. The maximum absolute atomic E-state index is 11.6. The first kappa shape index (κ1) is 25.7. The van der Waals surface area contributed by atoms with Crippen LogP contribution in [0.15, 0.2) is 59.7 Å². The average molecular weight is 552 g/mol. The van der Waals surface area contributed by atoms with Crippen LogP contribution in [0.3, 0.4) is 0 Å². The monoisotopic (exact) mass is 551 g/mol. The Morgan fingerprint density at radius 3 is 2.75 bits per heavy atom. The molecule has 1 fully saturated rings. The van der Waals surface area contributed by atoms with E-state index < -0.39 is 0 Å². The van der Waals surface area contributed by atoms with E-state index in [1.807, 2.05) is 0 Å². The molecule has 2 N–H and O–H groups in total. The molecule has 0 spiro atoms. The number of benzene rings is 2. The summed E-state index contributed by atoms with van der Waals surface area (Å²) in [4.78, 5) is 22.9. The molecule has 0 saturated carbocycles. The summed E-state index contributed by atoms with van der Waals surface area (Å²) < 4.78 is 12.3. The predicted molar refractivity (Wildman–Crippen MR) is 146 cm³/mol. The zero-order valence-electron chi connectivity index (χ0n) is 20.7. The van der Waals surface area contributed by atoms with Crippen molar-refractivity contribution in [3.05, 3.63) is 70.8 Å². The highest BCUT2D eigenvalue weighted by molar-refractivity contribution is 9.10. The number of nitrogens with one attached hydrogen (secondary N) is 2. The number of halogens is 1. The van der Waals surface area contributed by atoms with Gasteiger partial charge in [-0.3, -0.25) is 4.79 Å². The van der Waals surface area contributed by atoms with Crippen molar-refractivity contribution >= 4 is 39.2 Å². The van der Waals surface area contributed by atoms with E-state index in [1.165, 1.54) is 17.2 Å². The van der Waals surface area contributed by atoms with Gasteiger partial charge in [0.25, 0.3) is 0 Å². The van der Waals surface area contributed by atoms with Gasteiger partial charge in [-0.15, -0.1) is 0 Å². The molecule has 188 valence electrons. The van der Waals surface area contributed by atoms with E-state index in [4.69, 9.17) is 9.47 Å².